The van der Waals surface area contributed by atoms with E-state index in [1.807, 2.05) is 11.0 Å². The molecule has 0 aromatic carbocycles. The number of nitrogens with one attached hydrogen (secondary N) is 2. The highest BCUT2D eigenvalue weighted by Gasteiger charge is 2.38. The maximum atomic E-state index is 12.5. The number of fused-ring (bicyclic) bond motifs is 1. The summed E-state index contributed by atoms with van der Waals surface area (Å²) in [6, 6.07) is 6.17. The lowest BCUT2D eigenvalue weighted by molar-refractivity contribution is -0.192. The van der Waals surface area contributed by atoms with Crippen LogP contribution in [-0.2, 0) is 27.3 Å². The van der Waals surface area contributed by atoms with Crippen molar-refractivity contribution in [1.29, 1.82) is 0 Å². The average Bonchev–Trinajstić information content (AvgIpc) is 3.24. The lowest BCUT2D eigenvalue weighted by Gasteiger charge is -2.25. The van der Waals surface area contributed by atoms with Gasteiger partial charge in [-0.15, -0.1) is 11.3 Å². The van der Waals surface area contributed by atoms with Crippen molar-refractivity contribution in [3.63, 3.8) is 0 Å². The van der Waals surface area contributed by atoms with Crippen molar-refractivity contribution in [1.82, 2.24) is 15.2 Å². The van der Waals surface area contributed by atoms with E-state index in [9.17, 15) is 22.8 Å². The number of aliphatic carboxylic acids is 1. The van der Waals surface area contributed by atoms with Crippen LogP contribution in [0.2, 0.25) is 0 Å². The average molecular weight is 509 g/mol. The fraction of sp³-hybridized carbons (Fsp3) is 0.304. The minimum absolute atomic E-state index is 0.00722. The topological polar surface area (TPSA) is 112 Å². The Labute approximate surface area is 203 Å². The van der Waals surface area contributed by atoms with Crippen molar-refractivity contribution in [2.45, 2.75) is 25.6 Å². The van der Waals surface area contributed by atoms with Crippen LogP contribution in [0.3, 0.4) is 0 Å². The van der Waals surface area contributed by atoms with Crippen molar-refractivity contribution < 1.29 is 32.7 Å². The number of carboxylic acid groups (broad SMARTS) is 1. The normalized spacial score (nSPS) is 15.9. The van der Waals surface area contributed by atoms with Gasteiger partial charge in [0.2, 0.25) is 11.8 Å². The van der Waals surface area contributed by atoms with E-state index in [1.54, 1.807) is 29.7 Å². The maximum Gasteiger partial charge on any atom is 0.490 e. The Kier molecular flexibility index (Phi) is 8.77. The second-order valence-corrected chi connectivity index (χ2v) is 8.75. The molecular weight excluding hydrogens is 485 g/mol. The van der Waals surface area contributed by atoms with Crippen molar-refractivity contribution in [2.24, 2.45) is 0 Å². The second kappa shape index (κ2) is 11.8. The molecule has 0 saturated carbocycles. The molecule has 12 heteroatoms. The van der Waals surface area contributed by atoms with Gasteiger partial charge in [-0.05, 0) is 35.6 Å². The van der Waals surface area contributed by atoms with Gasteiger partial charge < -0.3 is 20.6 Å². The Morgan fingerprint density at radius 1 is 1.29 bits per heavy atom. The fourth-order valence-electron chi connectivity index (χ4n) is 3.34. The fourth-order valence-corrected chi connectivity index (χ4v) is 4.09. The monoisotopic (exact) mass is 508 g/mol. The molecule has 2 aliphatic rings. The van der Waals surface area contributed by atoms with E-state index in [1.165, 1.54) is 10.5 Å². The third-order valence-corrected chi connectivity index (χ3v) is 5.98. The van der Waals surface area contributed by atoms with Crippen LogP contribution < -0.4 is 10.6 Å². The van der Waals surface area contributed by atoms with E-state index in [0.29, 0.717) is 18.9 Å². The first-order valence-corrected chi connectivity index (χ1v) is 11.5. The zero-order chi connectivity index (χ0) is 25.4. The van der Waals surface area contributed by atoms with Gasteiger partial charge in [0.1, 0.15) is 5.82 Å². The quantitative estimate of drug-likeness (QED) is 0.432. The second-order valence-electron chi connectivity index (χ2n) is 7.72. The molecule has 0 unspecified atom stereocenters. The number of alkyl halides is 3. The van der Waals surface area contributed by atoms with E-state index in [0.717, 1.165) is 30.5 Å². The summed E-state index contributed by atoms with van der Waals surface area (Å²) in [5, 5.41) is 15.1. The summed E-state index contributed by atoms with van der Waals surface area (Å²) in [7, 11) is 0. The third-order valence-electron chi connectivity index (χ3n) is 5.10. The number of carbonyl (C=O) groups excluding carboxylic acids is 2. The number of pyridine rings is 1. The molecule has 35 heavy (non-hydrogen) atoms. The molecule has 3 N–H and O–H groups in total. The van der Waals surface area contributed by atoms with Crippen molar-refractivity contribution in [3.05, 3.63) is 63.5 Å². The lowest BCUT2D eigenvalue weighted by atomic mass is 10.0. The van der Waals surface area contributed by atoms with Crippen molar-refractivity contribution >= 4 is 41.0 Å². The summed E-state index contributed by atoms with van der Waals surface area (Å²) >= 11 is 1.77. The summed E-state index contributed by atoms with van der Waals surface area (Å²) in [4.78, 5) is 40.5. The lowest BCUT2D eigenvalue weighted by Crippen LogP contribution is -2.33. The first kappa shape index (κ1) is 26.1. The molecule has 0 atom stereocenters. The summed E-state index contributed by atoms with van der Waals surface area (Å²) < 4.78 is 31.7. The van der Waals surface area contributed by atoms with Gasteiger partial charge in [0.15, 0.2) is 0 Å². The molecule has 0 spiro atoms. The van der Waals surface area contributed by atoms with Gasteiger partial charge in [-0.3, -0.25) is 9.59 Å². The number of rotatable bonds is 4. The van der Waals surface area contributed by atoms with Gasteiger partial charge in [-0.1, -0.05) is 17.7 Å². The van der Waals surface area contributed by atoms with Crippen LogP contribution in [-0.4, -0.2) is 58.6 Å². The molecule has 0 bridgehead atoms. The number of aromatic nitrogens is 1. The van der Waals surface area contributed by atoms with Gasteiger partial charge >= 0.3 is 12.1 Å². The number of hydrogen-bond donors (Lipinski definition) is 3. The maximum absolute atomic E-state index is 12.5. The number of halogens is 3. The van der Waals surface area contributed by atoms with E-state index in [-0.39, 0.29) is 18.4 Å². The molecule has 186 valence electrons. The molecule has 2 aliphatic heterocycles. The van der Waals surface area contributed by atoms with Crippen molar-refractivity contribution in [3.8, 4) is 0 Å². The van der Waals surface area contributed by atoms with Crippen molar-refractivity contribution in [2.75, 3.05) is 25.0 Å². The van der Waals surface area contributed by atoms with E-state index in [2.05, 4.69) is 39.2 Å². The van der Waals surface area contributed by atoms with Gasteiger partial charge in [0.25, 0.3) is 0 Å². The third kappa shape index (κ3) is 8.04. The molecule has 0 fully saturated rings. The Balaban J connectivity index is 0.000000429. The number of carboxylic acids is 1. The summed E-state index contributed by atoms with van der Waals surface area (Å²) in [5.74, 6) is -2.26. The highest BCUT2D eigenvalue weighted by molar-refractivity contribution is 7.09. The van der Waals surface area contributed by atoms with E-state index < -0.39 is 12.1 Å². The van der Waals surface area contributed by atoms with Crippen LogP contribution in [0.25, 0.3) is 6.08 Å². The minimum atomic E-state index is -5.08. The Morgan fingerprint density at radius 2 is 2.06 bits per heavy atom. The summed E-state index contributed by atoms with van der Waals surface area (Å²) in [5.41, 5.74) is 3.16. The largest absolute Gasteiger partial charge is 0.490 e. The Hall–Kier alpha value is -3.51. The molecule has 4 rings (SSSR count). The van der Waals surface area contributed by atoms with Gasteiger partial charge in [-0.25, -0.2) is 9.78 Å². The van der Waals surface area contributed by atoms with Crippen LogP contribution >= 0.6 is 11.3 Å². The first-order valence-electron chi connectivity index (χ1n) is 10.6. The molecule has 0 saturated heterocycles. The van der Waals surface area contributed by atoms with Crippen LogP contribution in [0.4, 0.5) is 19.0 Å². The molecule has 2 amide bonds. The highest BCUT2D eigenvalue weighted by atomic mass is 32.1. The molecular formula is C23H23F3N4O4S. The number of thiophene rings is 1. The SMILES string of the molecule is O=C(O)C(F)(F)F.O=C1CNCc2cc(C=CC(=O)N3CC=C(Cc4cccs4)CC3)cnc2N1. The molecule has 0 radical (unpaired) electrons. The van der Waals surface area contributed by atoms with Crippen LogP contribution in [0, 0.1) is 0 Å². The molecule has 2 aromatic rings. The van der Waals surface area contributed by atoms with Gasteiger partial charge in [-0.2, -0.15) is 13.2 Å². The minimum Gasteiger partial charge on any atom is -0.475 e. The number of nitrogens with zero attached hydrogens (tertiary/aromatic N) is 2. The van der Waals surface area contributed by atoms with Crippen LogP contribution in [0.5, 0.6) is 0 Å². The smallest absolute Gasteiger partial charge is 0.475 e. The Morgan fingerprint density at radius 3 is 2.69 bits per heavy atom. The van der Waals surface area contributed by atoms with Crippen LogP contribution in [0.15, 0.2) is 47.5 Å². The number of amides is 2. The molecule has 8 nitrogen and oxygen atoms in total. The standard InChI is InChI=1S/C21H22N4O2S.C2HF3O2/c26-19-14-22-13-17-10-16(12-23-21(17)24-19)3-4-20(27)25-7-5-15(6-8-25)11-18-2-1-9-28-18;3-2(4,5)1(6)7/h1-5,9-10,12,22H,6-8,11,13-14H2,(H,23,24,26);(H,6,7). The van der Waals surface area contributed by atoms with Gasteiger partial charge in [0.05, 0.1) is 6.54 Å². The number of anilines is 1. The number of carbonyl (C=O) groups is 3. The highest BCUT2D eigenvalue weighted by Crippen LogP contribution is 2.20. The zero-order valence-corrected chi connectivity index (χ0v) is 19.3. The van der Waals surface area contributed by atoms with E-state index in [4.69, 9.17) is 9.90 Å². The number of hydrogen-bond acceptors (Lipinski definition) is 6. The Bertz CT molecular complexity index is 1130. The van der Waals surface area contributed by atoms with Gasteiger partial charge in [0, 0.05) is 48.8 Å². The molecule has 2 aromatic heterocycles. The predicted molar refractivity (Wildman–Crippen MR) is 125 cm³/mol. The summed E-state index contributed by atoms with van der Waals surface area (Å²) in [6.45, 7) is 2.25. The first-order chi connectivity index (χ1) is 16.6. The summed E-state index contributed by atoms with van der Waals surface area (Å²) in [6.07, 6.45) is 4.05. The van der Waals surface area contributed by atoms with E-state index >= 15 is 0 Å². The zero-order valence-electron chi connectivity index (χ0n) is 18.5. The molecule has 4 heterocycles. The predicted octanol–water partition coefficient (Wildman–Crippen LogP) is 3.23. The molecule has 0 aliphatic carbocycles. The van der Waals surface area contributed by atoms with Crippen LogP contribution in [0.1, 0.15) is 22.4 Å².